The number of hydrogen-bond acceptors (Lipinski definition) is 2. The van der Waals surface area contributed by atoms with Crippen molar-refractivity contribution in [3.05, 3.63) is 139 Å². The second kappa shape index (κ2) is 10.1. The minimum absolute atomic E-state index is 0.00636. The van der Waals surface area contributed by atoms with Crippen molar-refractivity contribution in [2.75, 3.05) is 4.90 Å². The van der Waals surface area contributed by atoms with Crippen LogP contribution in [0.4, 0.5) is 17.1 Å². The first-order valence-corrected chi connectivity index (χ1v) is 17.1. The number of para-hydroxylation sites is 3. The molecular weight excluding hydrogens is 583 g/mol. The molecule has 2 aliphatic heterocycles. The monoisotopic (exact) mass is 622 g/mol. The highest BCUT2D eigenvalue weighted by atomic mass is 16.4. The van der Waals surface area contributed by atoms with Crippen LogP contribution in [0.25, 0.3) is 38.6 Å². The second-order valence-electron chi connectivity index (χ2n) is 15.4. The van der Waals surface area contributed by atoms with E-state index in [-0.39, 0.29) is 17.7 Å². The summed E-state index contributed by atoms with van der Waals surface area (Å²) in [6, 6.07) is 46.9. The normalized spacial score (nSPS) is 13.7. The first kappa shape index (κ1) is 29.0. The molecule has 9 rings (SSSR count). The maximum absolute atomic E-state index is 7.11. The van der Waals surface area contributed by atoms with Crippen LogP contribution in [0.1, 0.15) is 52.7 Å². The smallest absolute Gasteiger partial charge is 0.431 e. The predicted molar refractivity (Wildman–Crippen MR) is 204 cm³/mol. The van der Waals surface area contributed by atoms with Crippen molar-refractivity contribution in [2.24, 2.45) is 0 Å². The Hall–Kier alpha value is -5.22. The van der Waals surface area contributed by atoms with Crippen LogP contribution in [0.2, 0.25) is 0 Å². The SMILES string of the molecule is CC(C)(C)c1ccc(N2c3ccc(C(C)(C)C)cc3B3Oc4ccccc4-c4c3c2cc2c3ccccc3n(-c3ccccc3)c42)cc1. The molecule has 0 aliphatic carbocycles. The Morgan fingerprint density at radius 2 is 1.23 bits per heavy atom. The van der Waals surface area contributed by atoms with E-state index in [2.05, 4.69) is 178 Å². The summed E-state index contributed by atoms with van der Waals surface area (Å²) in [5.74, 6) is 0.924. The highest BCUT2D eigenvalue weighted by molar-refractivity contribution is 6.86. The third kappa shape index (κ3) is 4.21. The van der Waals surface area contributed by atoms with Crippen LogP contribution in [-0.2, 0) is 10.8 Å². The van der Waals surface area contributed by atoms with Crippen LogP contribution in [-0.4, -0.2) is 11.5 Å². The lowest BCUT2D eigenvalue weighted by molar-refractivity contribution is 0.585. The minimum Gasteiger partial charge on any atom is -0.551 e. The molecule has 0 amide bonds. The molecule has 0 atom stereocenters. The van der Waals surface area contributed by atoms with Gasteiger partial charge in [0.1, 0.15) is 5.75 Å². The quantitative estimate of drug-likeness (QED) is 0.179. The topological polar surface area (TPSA) is 17.4 Å². The molecule has 0 saturated heterocycles. The Balaban J connectivity index is 1.45. The van der Waals surface area contributed by atoms with Gasteiger partial charge in [-0.2, -0.15) is 0 Å². The Labute approximate surface area is 283 Å². The number of benzene rings is 6. The maximum atomic E-state index is 7.11. The molecule has 0 N–H and O–H groups in total. The fraction of sp³-hybridized carbons (Fsp3) is 0.182. The molecule has 3 heterocycles. The molecule has 0 spiro atoms. The Bertz CT molecular complexity index is 2390. The molecule has 0 bridgehead atoms. The predicted octanol–water partition coefficient (Wildman–Crippen LogP) is 10.3. The van der Waals surface area contributed by atoms with E-state index in [9.17, 15) is 0 Å². The standard InChI is InChI=1S/C44H39BN2O/c1-43(2,3)28-20-23-31(24-21-28)46-37-25-22-29(44(4,5)6)26-35(37)45-41-38(46)27-34-32-16-10-12-18-36(32)47(30-14-8-7-9-15-30)42(34)40(41)33-17-11-13-19-39(33)48-45/h7-27H,1-6H3. The van der Waals surface area contributed by atoms with Crippen molar-refractivity contribution in [3.8, 4) is 22.6 Å². The van der Waals surface area contributed by atoms with Gasteiger partial charge in [0.25, 0.3) is 0 Å². The Morgan fingerprint density at radius 1 is 0.562 bits per heavy atom. The zero-order valence-corrected chi connectivity index (χ0v) is 28.5. The molecule has 0 saturated carbocycles. The fourth-order valence-electron chi connectivity index (χ4n) is 7.83. The highest BCUT2D eigenvalue weighted by Crippen LogP contribution is 2.49. The first-order valence-electron chi connectivity index (χ1n) is 17.1. The number of rotatable bonds is 2. The van der Waals surface area contributed by atoms with Gasteiger partial charge >= 0.3 is 6.92 Å². The third-order valence-corrected chi connectivity index (χ3v) is 10.3. The number of nitrogens with zero attached hydrogens (tertiary/aromatic N) is 2. The Morgan fingerprint density at radius 3 is 1.98 bits per heavy atom. The molecule has 7 aromatic rings. The van der Waals surface area contributed by atoms with E-state index in [0.717, 1.165) is 22.7 Å². The lowest BCUT2D eigenvalue weighted by Crippen LogP contribution is -2.56. The molecule has 0 radical (unpaired) electrons. The lowest BCUT2D eigenvalue weighted by Gasteiger charge is -2.40. The van der Waals surface area contributed by atoms with Crippen molar-refractivity contribution in [1.82, 2.24) is 4.57 Å². The molecular formula is C44H39BN2O. The van der Waals surface area contributed by atoms with Gasteiger partial charge in [0, 0.05) is 50.1 Å². The van der Waals surface area contributed by atoms with Crippen LogP contribution in [0.15, 0.2) is 127 Å². The molecule has 1 aromatic heterocycles. The fourth-order valence-corrected chi connectivity index (χ4v) is 7.83. The molecule has 0 unspecified atom stereocenters. The summed E-state index contributed by atoms with van der Waals surface area (Å²) in [5, 5.41) is 2.48. The van der Waals surface area contributed by atoms with Gasteiger partial charge in [-0.15, -0.1) is 0 Å². The van der Waals surface area contributed by atoms with E-state index in [0.29, 0.717) is 0 Å². The first-order chi connectivity index (χ1) is 23.1. The summed E-state index contributed by atoms with van der Waals surface area (Å²) in [5.41, 5.74) is 14.6. The van der Waals surface area contributed by atoms with Gasteiger partial charge in [-0.05, 0) is 76.0 Å². The van der Waals surface area contributed by atoms with Crippen molar-refractivity contribution in [1.29, 1.82) is 0 Å². The molecule has 4 heteroatoms. The molecule has 234 valence electrons. The molecule has 6 aromatic carbocycles. The molecule has 0 fully saturated rings. The summed E-state index contributed by atoms with van der Waals surface area (Å²) in [6.45, 7) is 13.4. The maximum Gasteiger partial charge on any atom is 0.431 e. The number of aromatic nitrogens is 1. The van der Waals surface area contributed by atoms with Crippen LogP contribution >= 0.6 is 0 Å². The van der Waals surface area contributed by atoms with Crippen molar-refractivity contribution >= 4 is 56.7 Å². The summed E-state index contributed by atoms with van der Waals surface area (Å²) < 4.78 is 9.58. The van der Waals surface area contributed by atoms with E-state index in [4.69, 9.17) is 4.65 Å². The van der Waals surface area contributed by atoms with Gasteiger partial charge in [0.05, 0.1) is 11.0 Å². The van der Waals surface area contributed by atoms with E-state index >= 15 is 0 Å². The average molecular weight is 623 g/mol. The number of fused-ring (bicyclic) bond motifs is 8. The van der Waals surface area contributed by atoms with Gasteiger partial charge in [-0.1, -0.05) is 120 Å². The van der Waals surface area contributed by atoms with Crippen LogP contribution in [0.3, 0.4) is 0 Å². The van der Waals surface area contributed by atoms with E-state index < -0.39 is 0 Å². The second-order valence-corrected chi connectivity index (χ2v) is 15.4. The summed E-state index contributed by atoms with van der Waals surface area (Å²) in [6.07, 6.45) is 0. The van der Waals surface area contributed by atoms with E-state index in [1.165, 1.54) is 60.8 Å². The zero-order chi connectivity index (χ0) is 32.9. The van der Waals surface area contributed by atoms with Gasteiger partial charge in [0.15, 0.2) is 0 Å². The van der Waals surface area contributed by atoms with Gasteiger partial charge in [-0.25, -0.2) is 0 Å². The Kier molecular flexibility index (Phi) is 6.12. The highest BCUT2D eigenvalue weighted by Gasteiger charge is 2.44. The van der Waals surface area contributed by atoms with Gasteiger partial charge in [0.2, 0.25) is 0 Å². The minimum atomic E-state index is -0.251. The van der Waals surface area contributed by atoms with Crippen LogP contribution < -0.4 is 20.5 Å². The van der Waals surface area contributed by atoms with Crippen molar-refractivity contribution < 1.29 is 4.65 Å². The number of anilines is 3. The summed E-state index contributed by atoms with van der Waals surface area (Å²) >= 11 is 0. The molecule has 2 aliphatic rings. The van der Waals surface area contributed by atoms with Crippen molar-refractivity contribution in [2.45, 2.75) is 52.4 Å². The van der Waals surface area contributed by atoms with Gasteiger partial charge in [-0.3, -0.25) is 0 Å². The molecule has 48 heavy (non-hydrogen) atoms. The van der Waals surface area contributed by atoms with Crippen LogP contribution in [0, 0.1) is 0 Å². The molecule has 3 nitrogen and oxygen atoms in total. The average Bonchev–Trinajstić information content (AvgIpc) is 3.42. The third-order valence-electron chi connectivity index (χ3n) is 10.3. The zero-order valence-electron chi connectivity index (χ0n) is 28.5. The summed E-state index contributed by atoms with van der Waals surface area (Å²) in [4.78, 5) is 2.48. The summed E-state index contributed by atoms with van der Waals surface area (Å²) in [7, 11) is 0. The number of hydrogen-bond donors (Lipinski definition) is 0. The largest absolute Gasteiger partial charge is 0.551 e. The lowest BCUT2D eigenvalue weighted by atomic mass is 9.49. The van der Waals surface area contributed by atoms with Crippen molar-refractivity contribution in [3.63, 3.8) is 0 Å². The van der Waals surface area contributed by atoms with Gasteiger partial charge < -0.3 is 14.1 Å². The van der Waals surface area contributed by atoms with E-state index in [1.54, 1.807) is 0 Å². The van der Waals surface area contributed by atoms with Crippen LogP contribution in [0.5, 0.6) is 5.75 Å². The van der Waals surface area contributed by atoms with E-state index in [1.807, 2.05) is 0 Å².